The Hall–Kier alpha value is -1.39. The van der Waals surface area contributed by atoms with Gasteiger partial charge in [-0.15, -0.1) is 0 Å². The lowest BCUT2D eigenvalue weighted by Crippen LogP contribution is -2.12. The van der Waals surface area contributed by atoms with Crippen molar-refractivity contribution in [1.82, 2.24) is 0 Å². The van der Waals surface area contributed by atoms with Crippen molar-refractivity contribution in [2.24, 2.45) is 0 Å². The van der Waals surface area contributed by atoms with Gasteiger partial charge in [0.2, 0.25) is 0 Å². The van der Waals surface area contributed by atoms with E-state index in [1.54, 1.807) is 12.1 Å². The Morgan fingerprint density at radius 3 is 2.61 bits per heavy atom. The molecular formula is C14H13BrFNO. The molecule has 0 spiro atoms. The van der Waals surface area contributed by atoms with Crippen LogP contribution in [0.25, 0.3) is 0 Å². The molecule has 0 fully saturated rings. The van der Waals surface area contributed by atoms with Gasteiger partial charge in [-0.25, -0.2) is 4.39 Å². The van der Waals surface area contributed by atoms with Crippen molar-refractivity contribution >= 4 is 21.6 Å². The number of nitrogens with one attached hydrogen (secondary N) is 1. The van der Waals surface area contributed by atoms with E-state index in [0.29, 0.717) is 5.69 Å². The van der Waals surface area contributed by atoms with Crippen LogP contribution in [0.1, 0.15) is 11.7 Å². The standard InChI is InChI=1S/C14H13BrFNO/c15-11-6-7-12(16)13(8-11)17-9-14(18)10-4-2-1-3-5-10/h1-8,14,17-18H,9H2. The number of anilines is 1. The normalized spacial score (nSPS) is 12.2. The predicted octanol–water partition coefficient (Wildman–Crippen LogP) is 3.73. The number of hydrogen-bond acceptors (Lipinski definition) is 2. The summed E-state index contributed by atoms with van der Waals surface area (Å²) in [7, 11) is 0. The molecule has 2 aromatic carbocycles. The summed E-state index contributed by atoms with van der Waals surface area (Å²) in [4.78, 5) is 0. The molecule has 0 aliphatic carbocycles. The van der Waals surface area contributed by atoms with Gasteiger partial charge in [0.1, 0.15) is 5.82 Å². The van der Waals surface area contributed by atoms with Crippen molar-refractivity contribution in [2.45, 2.75) is 6.10 Å². The molecule has 2 nitrogen and oxygen atoms in total. The highest BCUT2D eigenvalue weighted by molar-refractivity contribution is 9.10. The van der Waals surface area contributed by atoms with Gasteiger partial charge in [0.25, 0.3) is 0 Å². The number of halogens is 2. The lowest BCUT2D eigenvalue weighted by atomic mass is 10.1. The smallest absolute Gasteiger partial charge is 0.146 e. The van der Waals surface area contributed by atoms with E-state index in [1.165, 1.54) is 6.07 Å². The summed E-state index contributed by atoms with van der Waals surface area (Å²) < 4.78 is 14.2. The second kappa shape index (κ2) is 5.98. The second-order valence-corrected chi connectivity index (χ2v) is 4.85. The monoisotopic (exact) mass is 309 g/mol. The van der Waals surface area contributed by atoms with E-state index in [9.17, 15) is 9.50 Å². The second-order valence-electron chi connectivity index (χ2n) is 3.93. The molecule has 1 unspecified atom stereocenters. The Morgan fingerprint density at radius 1 is 1.17 bits per heavy atom. The lowest BCUT2D eigenvalue weighted by molar-refractivity contribution is 0.191. The highest BCUT2D eigenvalue weighted by Crippen LogP contribution is 2.21. The average Bonchev–Trinajstić information content (AvgIpc) is 2.40. The van der Waals surface area contributed by atoms with Gasteiger partial charge in [-0.3, -0.25) is 0 Å². The fraction of sp³-hybridized carbons (Fsp3) is 0.143. The Kier molecular flexibility index (Phi) is 4.33. The van der Waals surface area contributed by atoms with Crippen LogP contribution in [0.3, 0.4) is 0 Å². The first-order valence-electron chi connectivity index (χ1n) is 5.59. The van der Waals surface area contributed by atoms with E-state index in [4.69, 9.17) is 0 Å². The Labute approximate surface area is 114 Å². The van der Waals surface area contributed by atoms with Gasteiger partial charge in [0, 0.05) is 11.0 Å². The average molecular weight is 310 g/mol. The van der Waals surface area contributed by atoms with Crippen LogP contribution in [0.5, 0.6) is 0 Å². The van der Waals surface area contributed by atoms with Gasteiger partial charge in [0.15, 0.2) is 0 Å². The van der Waals surface area contributed by atoms with Gasteiger partial charge in [-0.1, -0.05) is 46.3 Å². The summed E-state index contributed by atoms with van der Waals surface area (Å²) >= 11 is 3.28. The quantitative estimate of drug-likeness (QED) is 0.902. The lowest BCUT2D eigenvalue weighted by Gasteiger charge is -2.13. The topological polar surface area (TPSA) is 32.3 Å². The van der Waals surface area contributed by atoms with Gasteiger partial charge in [-0.2, -0.15) is 0 Å². The Balaban J connectivity index is 2.01. The van der Waals surface area contributed by atoms with Crippen LogP contribution < -0.4 is 5.32 Å². The van der Waals surface area contributed by atoms with Gasteiger partial charge in [0.05, 0.1) is 11.8 Å². The van der Waals surface area contributed by atoms with E-state index in [-0.39, 0.29) is 12.4 Å². The van der Waals surface area contributed by atoms with Crippen LogP contribution in [-0.4, -0.2) is 11.7 Å². The number of aliphatic hydroxyl groups is 1. The third kappa shape index (κ3) is 3.31. The number of hydrogen-bond donors (Lipinski definition) is 2. The fourth-order valence-electron chi connectivity index (χ4n) is 1.63. The van der Waals surface area contributed by atoms with E-state index in [1.807, 2.05) is 30.3 Å². The Morgan fingerprint density at radius 2 is 1.89 bits per heavy atom. The summed E-state index contributed by atoms with van der Waals surface area (Å²) in [5.41, 5.74) is 1.18. The van der Waals surface area contributed by atoms with Crippen LogP contribution in [0.4, 0.5) is 10.1 Å². The third-order valence-corrected chi connectivity index (χ3v) is 3.09. The zero-order valence-corrected chi connectivity index (χ0v) is 11.2. The first-order valence-corrected chi connectivity index (χ1v) is 6.38. The molecule has 0 saturated heterocycles. The maximum atomic E-state index is 13.5. The van der Waals surface area contributed by atoms with Crippen molar-refractivity contribution in [1.29, 1.82) is 0 Å². The molecule has 0 amide bonds. The largest absolute Gasteiger partial charge is 0.387 e. The Bertz CT molecular complexity index is 518. The van der Waals surface area contributed by atoms with E-state index >= 15 is 0 Å². The summed E-state index contributed by atoms with van der Waals surface area (Å²) in [6.07, 6.45) is -0.662. The zero-order chi connectivity index (χ0) is 13.0. The third-order valence-electron chi connectivity index (χ3n) is 2.60. The molecule has 0 heterocycles. The first-order chi connectivity index (χ1) is 8.66. The minimum atomic E-state index is -0.662. The SMILES string of the molecule is OC(CNc1cc(Br)ccc1F)c1ccccc1. The molecular weight excluding hydrogens is 297 g/mol. The summed E-state index contributed by atoms with van der Waals surface area (Å²) in [6.45, 7) is 0.261. The summed E-state index contributed by atoms with van der Waals surface area (Å²) in [5, 5.41) is 12.8. The molecule has 94 valence electrons. The number of benzene rings is 2. The molecule has 2 N–H and O–H groups in total. The minimum absolute atomic E-state index is 0.261. The highest BCUT2D eigenvalue weighted by atomic mass is 79.9. The molecule has 0 aromatic heterocycles. The molecule has 18 heavy (non-hydrogen) atoms. The predicted molar refractivity (Wildman–Crippen MR) is 74.0 cm³/mol. The summed E-state index contributed by atoms with van der Waals surface area (Å²) in [6, 6.07) is 13.9. The van der Waals surface area contributed by atoms with Crippen molar-refractivity contribution in [3.05, 3.63) is 64.4 Å². The van der Waals surface area contributed by atoms with Gasteiger partial charge in [-0.05, 0) is 23.8 Å². The van der Waals surface area contributed by atoms with Crippen LogP contribution >= 0.6 is 15.9 Å². The maximum absolute atomic E-state index is 13.5. The van der Waals surface area contributed by atoms with E-state index in [2.05, 4.69) is 21.2 Å². The van der Waals surface area contributed by atoms with E-state index < -0.39 is 6.10 Å². The van der Waals surface area contributed by atoms with Gasteiger partial charge >= 0.3 is 0 Å². The molecule has 0 saturated carbocycles. The maximum Gasteiger partial charge on any atom is 0.146 e. The fourth-order valence-corrected chi connectivity index (χ4v) is 1.99. The molecule has 2 rings (SSSR count). The van der Waals surface area contributed by atoms with Crippen LogP contribution in [0.15, 0.2) is 53.0 Å². The molecule has 0 aliphatic rings. The van der Waals surface area contributed by atoms with Crippen molar-refractivity contribution in [2.75, 3.05) is 11.9 Å². The molecule has 1 atom stereocenters. The summed E-state index contributed by atoms with van der Waals surface area (Å²) in [5.74, 6) is -0.335. The molecule has 0 aliphatic heterocycles. The first kappa shape index (κ1) is 13.1. The van der Waals surface area contributed by atoms with Crippen molar-refractivity contribution in [3.63, 3.8) is 0 Å². The zero-order valence-electron chi connectivity index (χ0n) is 9.61. The van der Waals surface area contributed by atoms with Crippen LogP contribution in [0, 0.1) is 5.82 Å². The van der Waals surface area contributed by atoms with E-state index in [0.717, 1.165) is 10.0 Å². The number of rotatable bonds is 4. The molecule has 2 aromatic rings. The van der Waals surface area contributed by atoms with Crippen LogP contribution in [0.2, 0.25) is 0 Å². The molecule has 0 bridgehead atoms. The minimum Gasteiger partial charge on any atom is -0.387 e. The van der Waals surface area contributed by atoms with Crippen molar-refractivity contribution in [3.8, 4) is 0 Å². The number of aliphatic hydroxyl groups excluding tert-OH is 1. The van der Waals surface area contributed by atoms with Crippen LogP contribution in [-0.2, 0) is 0 Å². The van der Waals surface area contributed by atoms with Crippen molar-refractivity contribution < 1.29 is 9.50 Å². The molecule has 0 radical (unpaired) electrons. The van der Waals surface area contributed by atoms with Gasteiger partial charge < -0.3 is 10.4 Å². The highest BCUT2D eigenvalue weighted by Gasteiger charge is 2.08. The molecule has 4 heteroatoms.